The van der Waals surface area contributed by atoms with E-state index in [0.717, 1.165) is 0 Å². The van der Waals surface area contributed by atoms with Crippen LogP contribution in [0.4, 0.5) is 13.2 Å². The van der Waals surface area contributed by atoms with E-state index in [9.17, 15) is 18.0 Å². The van der Waals surface area contributed by atoms with E-state index in [1.807, 2.05) is 0 Å². The fourth-order valence-corrected chi connectivity index (χ4v) is 2.54. The van der Waals surface area contributed by atoms with Crippen molar-refractivity contribution in [2.75, 3.05) is 7.05 Å². The average molecular weight is 296 g/mol. The predicted octanol–water partition coefficient (Wildman–Crippen LogP) is 2.49. The second-order valence-corrected chi connectivity index (χ2v) is 5.60. The van der Waals surface area contributed by atoms with E-state index in [0.29, 0.717) is 12.8 Å². The smallest absolute Gasteiger partial charge is 0.391 e. The van der Waals surface area contributed by atoms with E-state index in [1.165, 1.54) is 11.9 Å². The van der Waals surface area contributed by atoms with Crippen LogP contribution in [0, 0.1) is 11.8 Å². The molecule has 3 atom stereocenters. The fraction of sp³-hybridized carbons (Fsp3) is 0.833. The van der Waals surface area contributed by atoms with Crippen LogP contribution in [-0.2, 0) is 4.79 Å². The maximum Gasteiger partial charge on any atom is 0.391 e. The number of likely N-dealkylation sites (N-methyl/N-ethyl adjacent to an activating group) is 1. The molecule has 1 amide bonds. The van der Waals surface area contributed by atoms with Crippen molar-refractivity contribution >= 4 is 23.1 Å². The summed E-state index contributed by atoms with van der Waals surface area (Å²) in [6.07, 6.45) is -3.30. The lowest BCUT2D eigenvalue weighted by Crippen LogP contribution is -2.46. The highest BCUT2D eigenvalue weighted by Gasteiger charge is 2.44. The Morgan fingerprint density at radius 2 is 2.00 bits per heavy atom. The largest absolute Gasteiger partial charge is 0.392 e. The molecule has 0 radical (unpaired) electrons. The summed E-state index contributed by atoms with van der Waals surface area (Å²) in [4.78, 5) is 13.7. The van der Waals surface area contributed by atoms with Gasteiger partial charge in [0.15, 0.2) is 0 Å². The normalized spacial score (nSPS) is 25.7. The van der Waals surface area contributed by atoms with Gasteiger partial charge in [-0.25, -0.2) is 0 Å². The second kappa shape index (κ2) is 6.07. The van der Waals surface area contributed by atoms with Crippen LogP contribution in [0.3, 0.4) is 0 Å². The van der Waals surface area contributed by atoms with Crippen molar-refractivity contribution in [3.05, 3.63) is 0 Å². The Morgan fingerprint density at radius 1 is 1.42 bits per heavy atom. The number of nitrogens with zero attached hydrogens (tertiary/aromatic N) is 1. The molecule has 1 saturated carbocycles. The minimum atomic E-state index is -4.22. The molecule has 3 nitrogen and oxygen atoms in total. The first-order chi connectivity index (χ1) is 8.64. The van der Waals surface area contributed by atoms with Gasteiger partial charge >= 0.3 is 6.18 Å². The zero-order chi connectivity index (χ0) is 14.8. The summed E-state index contributed by atoms with van der Waals surface area (Å²) < 4.78 is 38.1. The molecule has 0 heterocycles. The number of rotatable bonds is 3. The highest BCUT2D eigenvalue weighted by Crippen LogP contribution is 2.40. The van der Waals surface area contributed by atoms with Gasteiger partial charge in [-0.3, -0.25) is 4.79 Å². The zero-order valence-electron chi connectivity index (χ0n) is 11.0. The lowest BCUT2D eigenvalue weighted by Gasteiger charge is -2.34. The summed E-state index contributed by atoms with van der Waals surface area (Å²) in [5.41, 5.74) is 5.46. The molecule has 0 spiro atoms. The van der Waals surface area contributed by atoms with Crippen LogP contribution in [-0.4, -0.2) is 35.1 Å². The fourth-order valence-electron chi connectivity index (χ4n) is 2.38. The van der Waals surface area contributed by atoms with Crippen LogP contribution in [0.25, 0.3) is 0 Å². The standard InChI is InChI=1S/C12H19F3N2OS/c1-7(10(16)19)17(2)11(18)8-4-3-5-9(6-8)12(13,14)15/h7-9H,3-6H2,1-2H3,(H2,16,19). The van der Waals surface area contributed by atoms with Crippen molar-refractivity contribution in [3.8, 4) is 0 Å². The Bertz CT molecular complexity index is 359. The molecule has 3 unspecified atom stereocenters. The van der Waals surface area contributed by atoms with Crippen molar-refractivity contribution in [1.29, 1.82) is 0 Å². The van der Waals surface area contributed by atoms with E-state index in [1.54, 1.807) is 6.92 Å². The monoisotopic (exact) mass is 296 g/mol. The molecular weight excluding hydrogens is 277 g/mol. The molecule has 1 aliphatic carbocycles. The number of carbonyl (C=O) groups is 1. The van der Waals surface area contributed by atoms with Gasteiger partial charge in [-0.15, -0.1) is 0 Å². The van der Waals surface area contributed by atoms with Crippen molar-refractivity contribution in [3.63, 3.8) is 0 Å². The van der Waals surface area contributed by atoms with E-state index in [-0.39, 0.29) is 23.7 Å². The first kappa shape index (κ1) is 16.2. The van der Waals surface area contributed by atoms with E-state index < -0.39 is 24.1 Å². The molecule has 19 heavy (non-hydrogen) atoms. The van der Waals surface area contributed by atoms with Crippen molar-refractivity contribution in [2.45, 2.75) is 44.8 Å². The van der Waals surface area contributed by atoms with Gasteiger partial charge in [0.2, 0.25) is 5.91 Å². The van der Waals surface area contributed by atoms with Crippen molar-refractivity contribution in [2.24, 2.45) is 17.6 Å². The van der Waals surface area contributed by atoms with Gasteiger partial charge in [0.1, 0.15) is 0 Å². The molecule has 1 fully saturated rings. The SMILES string of the molecule is CC(C(N)=S)N(C)C(=O)C1CCCC(C(F)(F)F)C1. The zero-order valence-corrected chi connectivity index (χ0v) is 11.9. The molecular formula is C12H19F3N2OS. The van der Waals surface area contributed by atoms with E-state index in [4.69, 9.17) is 18.0 Å². The van der Waals surface area contributed by atoms with Crippen molar-refractivity contribution in [1.82, 2.24) is 4.90 Å². The summed E-state index contributed by atoms with van der Waals surface area (Å²) in [6.45, 7) is 1.67. The van der Waals surface area contributed by atoms with Crippen LogP contribution >= 0.6 is 12.2 Å². The van der Waals surface area contributed by atoms with Gasteiger partial charge in [-0.2, -0.15) is 13.2 Å². The summed E-state index contributed by atoms with van der Waals surface area (Å²) in [7, 11) is 1.53. The van der Waals surface area contributed by atoms with Gasteiger partial charge in [0.05, 0.1) is 16.9 Å². The summed E-state index contributed by atoms with van der Waals surface area (Å²) in [5.74, 6) is -2.25. The van der Waals surface area contributed by atoms with Crippen LogP contribution in [0.5, 0.6) is 0 Å². The number of alkyl halides is 3. The first-order valence-electron chi connectivity index (χ1n) is 6.27. The lowest BCUT2D eigenvalue weighted by atomic mass is 9.80. The van der Waals surface area contributed by atoms with Crippen LogP contribution in [0.15, 0.2) is 0 Å². The maximum atomic E-state index is 12.7. The highest BCUT2D eigenvalue weighted by atomic mass is 32.1. The van der Waals surface area contributed by atoms with E-state index in [2.05, 4.69) is 0 Å². The number of nitrogens with two attached hydrogens (primary N) is 1. The molecule has 110 valence electrons. The number of halogens is 3. The molecule has 0 saturated heterocycles. The highest BCUT2D eigenvalue weighted by molar-refractivity contribution is 7.80. The predicted molar refractivity (Wildman–Crippen MR) is 70.5 cm³/mol. The van der Waals surface area contributed by atoms with Gasteiger partial charge in [-0.1, -0.05) is 18.6 Å². The summed E-state index contributed by atoms with van der Waals surface area (Å²) >= 11 is 4.80. The third-order valence-corrected chi connectivity index (χ3v) is 4.17. The third-order valence-electron chi connectivity index (χ3n) is 3.83. The summed E-state index contributed by atoms with van der Waals surface area (Å²) in [6, 6.07) is -0.436. The number of hydrogen-bond donors (Lipinski definition) is 1. The minimum Gasteiger partial charge on any atom is -0.392 e. The Kier molecular flexibility index (Phi) is 5.18. The number of carbonyl (C=O) groups excluding carboxylic acids is 1. The molecule has 0 aromatic heterocycles. The van der Waals surface area contributed by atoms with Crippen LogP contribution < -0.4 is 5.73 Å². The Balaban J connectivity index is 2.69. The van der Waals surface area contributed by atoms with Gasteiger partial charge in [0, 0.05) is 13.0 Å². The maximum absolute atomic E-state index is 12.7. The Morgan fingerprint density at radius 3 is 2.47 bits per heavy atom. The Hall–Kier alpha value is -0.850. The number of hydrogen-bond acceptors (Lipinski definition) is 2. The molecule has 0 aromatic carbocycles. The molecule has 0 bridgehead atoms. The third kappa shape index (κ3) is 4.06. The molecule has 0 aromatic rings. The number of thiocarbonyl (C=S) groups is 1. The van der Waals surface area contributed by atoms with Gasteiger partial charge in [0.25, 0.3) is 0 Å². The van der Waals surface area contributed by atoms with E-state index >= 15 is 0 Å². The average Bonchev–Trinajstić information content (AvgIpc) is 2.35. The molecule has 0 aliphatic heterocycles. The second-order valence-electron chi connectivity index (χ2n) is 5.13. The molecule has 2 N–H and O–H groups in total. The Labute approximate surface area is 116 Å². The summed E-state index contributed by atoms with van der Waals surface area (Å²) in [5, 5.41) is 0. The molecule has 1 aliphatic rings. The molecule has 7 heteroatoms. The topological polar surface area (TPSA) is 46.3 Å². The number of amides is 1. The van der Waals surface area contributed by atoms with Gasteiger partial charge in [-0.05, 0) is 26.2 Å². The van der Waals surface area contributed by atoms with Crippen LogP contribution in [0.2, 0.25) is 0 Å². The van der Waals surface area contributed by atoms with Crippen LogP contribution in [0.1, 0.15) is 32.6 Å². The van der Waals surface area contributed by atoms with Gasteiger partial charge < -0.3 is 10.6 Å². The van der Waals surface area contributed by atoms with Crippen molar-refractivity contribution < 1.29 is 18.0 Å². The lowest BCUT2D eigenvalue weighted by molar-refractivity contribution is -0.187. The quantitative estimate of drug-likeness (QED) is 0.814. The first-order valence-corrected chi connectivity index (χ1v) is 6.68. The molecule has 1 rings (SSSR count). The minimum absolute atomic E-state index is 0.113.